The van der Waals surface area contributed by atoms with Crippen molar-refractivity contribution in [3.05, 3.63) is 16.9 Å². The van der Waals surface area contributed by atoms with Crippen molar-refractivity contribution < 1.29 is 9.53 Å². The summed E-state index contributed by atoms with van der Waals surface area (Å²) < 4.78 is 6.64. The fourth-order valence-corrected chi connectivity index (χ4v) is 3.58. The molecule has 1 aliphatic carbocycles. The molecule has 0 amide bonds. The van der Waals surface area contributed by atoms with Gasteiger partial charge < -0.3 is 4.74 Å². The fourth-order valence-electron chi connectivity index (χ4n) is 2.53. The molecule has 2 aromatic rings. The Labute approximate surface area is 115 Å². The van der Waals surface area contributed by atoms with Crippen LogP contribution in [0.1, 0.15) is 60.4 Å². The highest BCUT2D eigenvalue weighted by molar-refractivity contribution is 7.16. The van der Waals surface area contributed by atoms with Crippen LogP contribution >= 0.6 is 11.3 Å². The van der Waals surface area contributed by atoms with E-state index >= 15 is 0 Å². The number of hydrogen-bond acceptors (Lipinski definition) is 5. The van der Waals surface area contributed by atoms with Crippen LogP contribution in [0.4, 0.5) is 0 Å². The lowest BCUT2D eigenvalue weighted by molar-refractivity contribution is 0.0520. The first-order chi connectivity index (χ1) is 9.28. The number of esters is 1. The molecule has 102 valence electrons. The monoisotopic (exact) mass is 279 g/mol. The van der Waals surface area contributed by atoms with Crippen molar-refractivity contribution in [3.63, 3.8) is 0 Å². The Morgan fingerprint density at radius 2 is 2.26 bits per heavy atom. The second kappa shape index (κ2) is 5.28. The van der Waals surface area contributed by atoms with E-state index in [2.05, 4.69) is 10.1 Å². The first-order valence-electron chi connectivity index (χ1n) is 6.81. The number of hydrogen-bond donors (Lipinski definition) is 0. The second-order valence-corrected chi connectivity index (χ2v) is 5.84. The Hall–Kier alpha value is -1.43. The summed E-state index contributed by atoms with van der Waals surface area (Å²) >= 11 is 1.59. The summed E-state index contributed by atoms with van der Waals surface area (Å²) in [6.07, 6.45) is 8.03. The minimum absolute atomic E-state index is 0.343. The SMILES string of the molecule is CCOC(=O)c1cn2nc(C3CCCCC3)sc2n1. The van der Waals surface area contributed by atoms with Crippen LogP contribution in [0.25, 0.3) is 4.96 Å². The number of nitrogens with zero attached hydrogens (tertiary/aromatic N) is 3. The lowest BCUT2D eigenvalue weighted by atomic mass is 9.90. The average Bonchev–Trinajstić information content (AvgIpc) is 2.98. The highest BCUT2D eigenvalue weighted by atomic mass is 32.1. The maximum atomic E-state index is 11.6. The summed E-state index contributed by atoms with van der Waals surface area (Å²) in [5, 5.41) is 5.72. The van der Waals surface area contributed by atoms with Gasteiger partial charge in [0.05, 0.1) is 12.8 Å². The quantitative estimate of drug-likeness (QED) is 0.810. The molecule has 0 spiro atoms. The van der Waals surface area contributed by atoms with Gasteiger partial charge in [-0.25, -0.2) is 14.3 Å². The van der Waals surface area contributed by atoms with E-state index in [-0.39, 0.29) is 5.97 Å². The molecular formula is C13H17N3O2S. The molecule has 0 radical (unpaired) electrons. The largest absolute Gasteiger partial charge is 0.461 e. The van der Waals surface area contributed by atoms with Crippen LogP contribution in [0.5, 0.6) is 0 Å². The standard InChI is InChI=1S/C13H17N3O2S/c1-2-18-12(17)10-8-16-13(14-10)19-11(15-16)9-6-4-3-5-7-9/h8-9H,2-7H2,1H3. The van der Waals surface area contributed by atoms with Gasteiger partial charge in [0.1, 0.15) is 5.01 Å². The predicted octanol–water partition coefficient (Wildman–Crippen LogP) is 3.02. The van der Waals surface area contributed by atoms with Crippen LogP contribution < -0.4 is 0 Å². The van der Waals surface area contributed by atoms with Gasteiger partial charge in [-0.2, -0.15) is 5.10 Å². The van der Waals surface area contributed by atoms with Crippen molar-refractivity contribution in [2.75, 3.05) is 6.61 Å². The van der Waals surface area contributed by atoms with Crippen molar-refractivity contribution in [1.82, 2.24) is 14.6 Å². The molecule has 0 unspecified atom stereocenters. The lowest BCUT2D eigenvalue weighted by Crippen LogP contribution is -2.06. The van der Waals surface area contributed by atoms with Gasteiger partial charge in [-0.15, -0.1) is 0 Å². The number of carbonyl (C=O) groups excluding carboxylic acids is 1. The van der Waals surface area contributed by atoms with Crippen LogP contribution in [-0.4, -0.2) is 27.2 Å². The molecule has 0 N–H and O–H groups in total. The van der Waals surface area contributed by atoms with E-state index in [0.29, 0.717) is 18.2 Å². The number of aromatic nitrogens is 3. The van der Waals surface area contributed by atoms with Gasteiger partial charge in [0.15, 0.2) is 5.69 Å². The molecular weight excluding hydrogens is 262 g/mol. The van der Waals surface area contributed by atoms with Crippen molar-refractivity contribution in [1.29, 1.82) is 0 Å². The van der Waals surface area contributed by atoms with Gasteiger partial charge in [-0.05, 0) is 19.8 Å². The fraction of sp³-hybridized carbons (Fsp3) is 0.615. The van der Waals surface area contributed by atoms with Crippen LogP contribution in [0.15, 0.2) is 6.20 Å². The van der Waals surface area contributed by atoms with Gasteiger partial charge >= 0.3 is 5.97 Å². The Morgan fingerprint density at radius 1 is 1.47 bits per heavy atom. The Kier molecular flexibility index (Phi) is 3.50. The van der Waals surface area contributed by atoms with Gasteiger partial charge in [0, 0.05) is 5.92 Å². The van der Waals surface area contributed by atoms with E-state index < -0.39 is 0 Å². The number of imidazole rings is 1. The highest BCUT2D eigenvalue weighted by Crippen LogP contribution is 2.34. The minimum Gasteiger partial charge on any atom is -0.461 e. The van der Waals surface area contributed by atoms with Crippen molar-refractivity contribution in [3.8, 4) is 0 Å². The highest BCUT2D eigenvalue weighted by Gasteiger charge is 2.21. The molecule has 0 aliphatic heterocycles. The third kappa shape index (κ3) is 2.49. The zero-order valence-corrected chi connectivity index (χ0v) is 11.8. The van der Waals surface area contributed by atoms with E-state index in [0.717, 1.165) is 9.97 Å². The molecule has 0 aromatic carbocycles. The zero-order chi connectivity index (χ0) is 13.2. The van der Waals surface area contributed by atoms with Gasteiger partial charge in [-0.1, -0.05) is 30.6 Å². The normalized spacial score (nSPS) is 16.9. The first kappa shape index (κ1) is 12.6. The van der Waals surface area contributed by atoms with Crippen LogP contribution in [0, 0.1) is 0 Å². The van der Waals surface area contributed by atoms with Gasteiger partial charge in [0.2, 0.25) is 4.96 Å². The minimum atomic E-state index is -0.376. The summed E-state index contributed by atoms with van der Waals surface area (Å²) in [6, 6.07) is 0. The second-order valence-electron chi connectivity index (χ2n) is 4.85. The van der Waals surface area contributed by atoms with Gasteiger partial charge in [0.25, 0.3) is 0 Å². The molecule has 2 heterocycles. The lowest BCUT2D eigenvalue weighted by Gasteiger charge is -2.18. The molecule has 1 fully saturated rings. The van der Waals surface area contributed by atoms with Crippen LogP contribution in [0.3, 0.4) is 0 Å². The predicted molar refractivity (Wildman–Crippen MR) is 72.6 cm³/mol. The molecule has 1 aliphatic rings. The molecule has 6 heteroatoms. The zero-order valence-electron chi connectivity index (χ0n) is 11.0. The third-order valence-corrected chi connectivity index (χ3v) is 4.58. The van der Waals surface area contributed by atoms with Crippen molar-refractivity contribution in [2.45, 2.75) is 44.9 Å². The van der Waals surface area contributed by atoms with Crippen molar-refractivity contribution in [2.24, 2.45) is 0 Å². The Balaban J connectivity index is 1.82. The van der Waals surface area contributed by atoms with E-state index in [9.17, 15) is 4.79 Å². The molecule has 1 saturated carbocycles. The molecule has 5 nitrogen and oxygen atoms in total. The van der Waals surface area contributed by atoms with E-state index in [1.54, 1.807) is 29.0 Å². The average molecular weight is 279 g/mol. The molecule has 0 saturated heterocycles. The Bertz CT molecular complexity index is 552. The van der Waals surface area contributed by atoms with Gasteiger partial charge in [-0.3, -0.25) is 0 Å². The smallest absolute Gasteiger partial charge is 0.358 e. The molecule has 0 bridgehead atoms. The maximum Gasteiger partial charge on any atom is 0.358 e. The molecule has 2 aromatic heterocycles. The summed E-state index contributed by atoms with van der Waals surface area (Å²) in [7, 11) is 0. The summed E-state index contributed by atoms with van der Waals surface area (Å²) in [4.78, 5) is 16.6. The maximum absolute atomic E-state index is 11.6. The van der Waals surface area contributed by atoms with E-state index in [1.807, 2.05) is 0 Å². The van der Waals surface area contributed by atoms with Crippen LogP contribution in [0.2, 0.25) is 0 Å². The van der Waals surface area contributed by atoms with E-state index in [1.165, 1.54) is 32.1 Å². The molecule has 0 atom stereocenters. The van der Waals surface area contributed by atoms with E-state index in [4.69, 9.17) is 4.74 Å². The number of ether oxygens (including phenoxy) is 1. The summed E-state index contributed by atoms with van der Waals surface area (Å²) in [6.45, 7) is 2.15. The summed E-state index contributed by atoms with van der Waals surface area (Å²) in [5.74, 6) is 0.200. The Morgan fingerprint density at radius 3 is 2.95 bits per heavy atom. The number of carbonyl (C=O) groups is 1. The third-order valence-electron chi connectivity index (χ3n) is 3.50. The molecule has 3 rings (SSSR count). The number of rotatable bonds is 3. The van der Waals surface area contributed by atoms with Crippen molar-refractivity contribution >= 4 is 22.3 Å². The number of fused-ring (bicyclic) bond motifs is 1. The first-order valence-corrected chi connectivity index (χ1v) is 7.63. The topological polar surface area (TPSA) is 56.5 Å². The summed E-state index contributed by atoms with van der Waals surface area (Å²) in [5.41, 5.74) is 0.343. The molecule has 19 heavy (non-hydrogen) atoms. The van der Waals surface area contributed by atoms with Crippen LogP contribution in [-0.2, 0) is 4.74 Å².